The van der Waals surface area contributed by atoms with Crippen LogP contribution >= 0.6 is 34.5 Å². The van der Waals surface area contributed by atoms with Crippen LogP contribution in [0.3, 0.4) is 0 Å². The van der Waals surface area contributed by atoms with Gasteiger partial charge < -0.3 is 9.73 Å². The van der Waals surface area contributed by atoms with Crippen molar-refractivity contribution in [3.05, 3.63) is 63.3 Å². The van der Waals surface area contributed by atoms with E-state index >= 15 is 0 Å². The Morgan fingerprint density at radius 1 is 1.27 bits per heavy atom. The zero-order valence-corrected chi connectivity index (χ0v) is 16.7. The van der Waals surface area contributed by atoms with Crippen molar-refractivity contribution in [2.45, 2.75) is 25.7 Å². The molecule has 3 aromatic rings. The summed E-state index contributed by atoms with van der Waals surface area (Å²) in [6.07, 6.45) is 1.84. The molecule has 3 rings (SSSR count). The van der Waals surface area contributed by atoms with E-state index in [9.17, 15) is 4.79 Å². The molecule has 4 nitrogen and oxygen atoms in total. The molecule has 2 heterocycles. The first-order valence-electron chi connectivity index (χ1n) is 8.06. The summed E-state index contributed by atoms with van der Waals surface area (Å²) < 4.78 is 5.32. The van der Waals surface area contributed by atoms with E-state index in [0.29, 0.717) is 22.4 Å². The third-order valence-corrected chi connectivity index (χ3v) is 5.70. The average Bonchev–Trinajstić information content (AvgIpc) is 3.27. The smallest absolute Gasteiger partial charge is 0.226 e. The van der Waals surface area contributed by atoms with Gasteiger partial charge in [0.15, 0.2) is 10.8 Å². The normalized spacial score (nSPS) is 11.5. The summed E-state index contributed by atoms with van der Waals surface area (Å²) in [6.45, 7) is 4.58. The maximum atomic E-state index is 12.3. The SMILES string of the molecule is CC(C)(CNC(=O)Cc1csc(-c2ccco2)n1)c1ccc(Cl)c(Cl)c1. The summed E-state index contributed by atoms with van der Waals surface area (Å²) in [5, 5.41) is 6.65. The van der Waals surface area contributed by atoms with E-state index in [0.717, 1.165) is 16.3 Å². The molecule has 0 aliphatic carbocycles. The van der Waals surface area contributed by atoms with E-state index in [-0.39, 0.29) is 17.7 Å². The van der Waals surface area contributed by atoms with Crippen LogP contribution in [0.25, 0.3) is 10.8 Å². The van der Waals surface area contributed by atoms with E-state index in [1.54, 1.807) is 12.3 Å². The van der Waals surface area contributed by atoms with Crippen molar-refractivity contribution in [3.8, 4) is 10.8 Å². The molecule has 0 radical (unpaired) electrons. The third-order valence-electron chi connectivity index (χ3n) is 4.05. The van der Waals surface area contributed by atoms with Gasteiger partial charge in [-0.3, -0.25) is 4.79 Å². The standard InChI is InChI=1S/C19H18Cl2N2O2S/c1-19(2,12-5-6-14(20)15(21)8-12)11-22-17(24)9-13-10-26-18(23-13)16-4-3-7-25-16/h3-8,10H,9,11H2,1-2H3,(H,22,24). The molecule has 0 bridgehead atoms. The van der Waals surface area contributed by atoms with Crippen molar-refractivity contribution >= 4 is 40.4 Å². The molecule has 26 heavy (non-hydrogen) atoms. The van der Waals surface area contributed by atoms with Crippen LogP contribution in [0.1, 0.15) is 25.1 Å². The second kappa shape index (κ2) is 7.82. The lowest BCUT2D eigenvalue weighted by Gasteiger charge is -2.26. The Kier molecular flexibility index (Phi) is 5.70. The fourth-order valence-corrected chi connectivity index (χ4v) is 3.55. The zero-order chi connectivity index (χ0) is 18.7. The van der Waals surface area contributed by atoms with Crippen molar-refractivity contribution in [3.63, 3.8) is 0 Å². The molecule has 0 aliphatic heterocycles. The number of benzene rings is 1. The number of carbonyl (C=O) groups is 1. The Morgan fingerprint density at radius 3 is 2.77 bits per heavy atom. The van der Waals surface area contributed by atoms with Crippen LogP contribution in [0.5, 0.6) is 0 Å². The number of thiazole rings is 1. The maximum Gasteiger partial charge on any atom is 0.226 e. The molecule has 0 fully saturated rings. The van der Waals surface area contributed by atoms with Crippen LogP contribution < -0.4 is 5.32 Å². The van der Waals surface area contributed by atoms with E-state index in [1.165, 1.54) is 11.3 Å². The van der Waals surface area contributed by atoms with Crippen molar-refractivity contribution in [2.24, 2.45) is 0 Å². The number of aromatic nitrogens is 1. The van der Waals surface area contributed by atoms with Crippen molar-refractivity contribution < 1.29 is 9.21 Å². The van der Waals surface area contributed by atoms with Crippen molar-refractivity contribution in [1.29, 1.82) is 0 Å². The van der Waals surface area contributed by atoms with Gasteiger partial charge in [0.05, 0.1) is 28.4 Å². The Hall–Kier alpha value is -1.82. The molecule has 0 unspecified atom stereocenters. The average molecular weight is 409 g/mol. The number of furan rings is 1. The second-order valence-corrected chi connectivity index (χ2v) is 8.26. The highest BCUT2D eigenvalue weighted by Gasteiger charge is 2.22. The van der Waals surface area contributed by atoms with Crippen molar-refractivity contribution in [1.82, 2.24) is 10.3 Å². The van der Waals surface area contributed by atoms with Gasteiger partial charge in [-0.05, 0) is 29.8 Å². The summed E-state index contributed by atoms with van der Waals surface area (Å²) in [4.78, 5) is 16.7. The molecule has 1 amide bonds. The van der Waals surface area contributed by atoms with Gasteiger partial charge in [-0.2, -0.15) is 0 Å². The van der Waals surface area contributed by atoms with E-state index in [1.807, 2.05) is 43.5 Å². The Labute approximate surface area is 166 Å². The number of nitrogens with one attached hydrogen (secondary N) is 1. The van der Waals surface area contributed by atoms with Crippen LogP contribution in [0.2, 0.25) is 10.0 Å². The fourth-order valence-electron chi connectivity index (χ4n) is 2.47. The molecule has 0 saturated carbocycles. The Balaban J connectivity index is 1.59. The van der Waals surface area contributed by atoms with Gasteiger partial charge in [-0.15, -0.1) is 11.3 Å². The van der Waals surface area contributed by atoms with Crippen molar-refractivity contribution in [2.75, 3.05) is 6.54 Å². The molecule has 1 N–H and O–H groups in total. The van der Waals surface area contributed by atoms with Crippen LogP contribution in [0.4, 0.5) is 0 Å². The van der Waals surface area contributed by atoms with Gasteiger partial charge in [0.2, 0.25) is 5.91 Å². The van der Waals surface area contributed by atoms with E-state index in [2.05, 4.69) is 10.3 Å². The summed E-state index contributed by atoms with van der Waals surface area (Å²) in [5.41, 5.74) is 1.47. The fraction of sp³-hybridized carbons (Fsp3) is 0.263. The van der Waals surface area contributed by atoms with Gasteiger partial charge in [-0.25, -0.2) is 4.98 Å². The van der Waals surface area contributed by atoms with Gasteiger partial charge in [0.25, 0.3) is 0 Å². The number of nitrogens with zero attached hydrogens (tertiary/aromatic N) is 1. The molecule has 7 heteroatoms. The predicted molar refractivity (Wildman–Crippen MR) is 106 cm³/mol. The topological polar surface area (TPSA) is 55.1 Å². The minimum atomic E-state index is -0.273. The second-order valence-electron chi connectivity index (χ2n) is 6.59. The lowest BCUT2D eigenvalue weighted by Crippen LogP contribution is -2.37. The third kappa shape index (κ3) is 4.47. The number of carbonyl (C=O) groups excluding carboxylic acids is 1. The minimum absolute atomic E-state index is 0.0746. The maximum absolute atomic E-state index is 12.3. The number of halogens is 2. The summed E-state index contributed by atoms with van der Waals surface area (Å²) in [7, 11) is 0. The number of hydrogen-bond donors (Lipinski definition) is 1. The number of amides is 1. The minimum Gasteiger partial charge on any atom is -0.462 e. The summed E-state index contributed by atoms with van der Waals surface area (Å²) >= 11 is 13.5. The predicted octanol–water partition coefficient (Wildman–Crippen LogP) is 5.35. The van der Waals surface area contributed by atoms with Crippen LogP contribution in [0, 0.1) is 0 Å². The molecule has 0 spiro atoms. The van der Waals surface area contributed by atoms with E-state index < -0.39 is 0 Å². The quantitative estimate of drug-likeness (QED) is 0.598. The monoisotopic (exact) mass is 408 g/mol. The molecule has 0 aliphatic rings. The molecular weight excluding hydrogens is 391 g/mol. The summed E-state index contributed by atoms with van der Waals surface area (Å²) in [6, 6.07) is 9.20. The molecule has 0 saturated heterocycles. The molecular formula is C19H18Cl2N2O2S. The van der Waals surface area contributed by atoms with Gasteiger partial charge in [0, 0.05) is 17.3 Å². The first-order chi connectivity index (χ1) is 12.3. The largest absolute Gasteiger partial charge is 0.462 e. The molecule has 136 valence electrons. The molecule has 1 aromatic carbocycles. The number of hydrogen-bond acceptors (Lipinski definition) is 4. The highest BCUT2D eigenvalue weighted by molar-refractivity contribution is 7.13. The van der Waals surface area contributed by atoms with Crippen LogP contribution in [-0.4, -0.2) is 17.4 Å². The highest BCUT2D eigenvalue weighted by atomic mass is 35.5. The van der Waals surface area contributed by atoms with Gasteiger partial charge >= 0.3 is 0 Å². The Bertz CT molecular complexity index is 904. The first-order valence-corrected chi connectivity index (χ1v) is 9.69. The lowest BCUT2D eigenvalue weighted by atomic mass is 9.84. The van der Waals surface area contributed by atoms with Gasteiger partial charge in [0.1, 0.15) is 0 Å². The molecule has 0 atom stereocenters. The van der Waals surface area contributed by atoms with Gasteiger partial charge in [-0.1, -0.05) is 43.1 Å². The summed E-state index contributed by atoms with van der Waals surface area (Å²) in [5.74, 6) is 0.636. The van der Waals surface area contributed by atoms with Crippen LogP contribution in [-0.2, 0) is 16.6 Å². The van der Waals surface area contributed by atoms with Crippen LogP contribution in [0.15, 0.2) is 46.4 Å². The Morgan fingerprint density at radius 2 is 2.08 bits per heavy atom. The van der Waals surface area contributed by atoms with E-state index in [4.69, 9.17) is 27.6 Å². The molecule has 2 aromatic heterocycles. The lowest BCUT2D eigenvalue weighted by molar-refractivity contribution is -0.120. The highest BCUT2D eigenvalue weighted by Crippen LogP contribution is 2.29. The zero-order valence-electron chi connectivity index (χ0n) is 14.4. The first kappa shape index (κ1) is 19.0. The number of rotatable bonds is 6.